The Balaban J connectivity index is 1.66. The molecule has 9 heteroatoms. The molecular weight excluding hydrogens is 394 g/mol. The maximum absolute atomic E-state index is 13.8. The van der Waals surface area contributed by atoms with Crippen LogP contribution in [0.3, 0.4) is 0 Å². The van der Waals surface area contributed by atoms with Crippen LogP contribution < -0.4 is 5.76 Å². The zero-order valence-corrected chi connectivity index (χ0v) is 16.1. The third-order valence-electron chi connectivity index (χ3n) is 4.82. The largest absolute Gasteiger partial charge is 0.420 e. The van der Waals surface area contributed by atoms with E-state index in [9.17, 15) is 18.4 Å². The number of halogens is 2. The van der Waals surface area contributed by atoms with Crippen LogP contribution in [0.1, 0.15) is 28.5 Å². The number of fused-ring (bicyclic) bond motifs is 1. The van der Waals surface area contributed by atoms with Gasteiger partial charge >= 0.3 is 5.76 Å². The molecule has 0 atom stereocenters. The van der Waals surface area contributed by atoms with E-state index >= 15 is 0 Å². The molecule has 0 amide bonds. The average molecular weight is 410 g/mol. The number of carbonyl (C=O) groups is 1. The first-order valence-electron chi connectivity index (χ1n) is 9.16. The van der Waals surface area contributed by atoms with Gasteiger partial charge in [0.1, 0.15) is 11.6 Å². The van der Waals surface area contributed by atoms with Crippen molar-refractivity contribution in [1.29, 1.82) is 0 Å². The van der Waals surface area contributed by atoms with E-state index in [4.69, 9.17) is 4.42 Å². The van der Waals surface area contributed by atoms with Crippen LogP contribution in [-0.4, -0.2) is 25.3 Å². The molecule has 0 fully saturated rings. The maximum Gasteiger partial charge on any atom is 0.420 e. The Bertz CT molecular complexity index is 1310. The Hall–Kier alpha value is -3.75. The molecule has 4 rings (SSSR count). The van der Waals surface area contributed by atoms with Gasteiger partial charge < -0.3 is 4.42 Å². The molecule has 0 radical (unpaired) electrons. The van der Waals surface area contributed by atoms with Gasteiger partial charge in [0.2, 0.25) is 0 Å². The van der Waals surface area contributed by atoms with Gasteiger partial charge in [-0.2, -0.15) is 0 Å². The molecule has 0 N–H and O–H groups in total. The zero-order chi connectivity index (χ0) is 21.4. The average Bonchev–Trinajstić information content (AvgIpc) is 3.02. The van der Waals surface area contributed by atoms with Crippen molar-refractivity contribution in [2.45, 2.75) is 19.8 Å². The minimum atomic E-state index is -0.916. The number of hydrogen-bond donors (Lipinski definition) is 0. The highest BCUT2D eigenvalue weighted by Gasteiger charge is 2.19. The molecule has 0 aliphatic carbocycles. The Morgan fingerprint density at radius 3 is 2.47 bits per heavy atom. The van der Waals surface area contributed by atoms with Crippen molar-refractivity contribution in [1.82, 2.24) is 19.5 Å². The second-order valence-corrected chi connectivity index (χ2v) is 6.67. The topological polar surface area (TPSA) is 90.9 Å². The highest BCUT2D eigenvalue weighted by Crippen LogP contribution is 2.27. The van der Waals surface area contributed by atoms with Gasteiger partial charge in [-0.1, -0.05) is 13.0 Å². The fourth-order valence-corrected chi connectivity index (χ4v) is 3.28. The smallest absolute Gasteiger partial charge is 0.406 e. The normalized spacial score (nSPS) is 11.2. The van der Waals surface area contributed by atoms with E-state index < -0.39 is 28.7 Å². The van der Waals surface area contributed by atoms with Gasteiger partial charge in [0.15, 0.2) is 17.0 Å². The van der Waals surface area contributed by atoms with Gasteiger partial charge in [-0.05, 0) is 18.6 Å². The molecule has 152 valence electrons. The molecule has 7 nitrogen and oxygen atoms in total. The number of Topliss-reactive ketones (excluding diaryl/α,β-unsaturated/α-hetero) is 1. The number of pyridine rings is 1. The highest BCUT2D eigenvalue weighted by atomic mass is 19.1. The van der Waals surface area contributed by atoms with Crippen LogP contribution in [0, 0.1) is 11.6 Å². The molecule has 0 bridgehead atoms. The fraction of sp³-hybridized carbons (Fsp3) is 0.190. The van der Waals surface area contributed by atoms with E-state index in [1.165, 1.54) is 23.0 Å². The number of aromatic nitrogens is 4. The van der Waals surface area contributed by atoms with Gasteiger partial charge in [-0.25, -0.2) is 18.6 Å². The summed E-state index contributed by atoms with van der Waals surface area (Å²) in [7, 11) is 1.57. The second-order valence-electron chi connectivity index (χ2n) is 6.67. The van der Waals surface area contributed by atoms with E-state index in [0.717, 1.165) is 17.7 Å². The summed E-state index contributed by atoms with van der Waals surface area (Å²) in [6, 6.07) is 3.26. The number of aryl methyl sites for hydroxylation is 2. The molecule has 0 unspecified atom stereocenters. The number of benzene rings is 1. The van der Waals surface area contributed by atoms with E-state index in [1.807, 2.05) is 6.92 Å². The van der Waals surface area contributed by atoms with Crippen LogP contribution in [0.2, 0.25) is 0 Å². The Kier molecular flexibility index (Phi) is 4.94. The summed E-state index contributed by atoms with van der Waals surface area (Å²) in [4.78, 5) is 36.9. The standard InChI is InChI=1S/C21H16F2N4O3/c1-3-12-13(9-26-20-19(12)30-21(29)27(20)2)16-10-24-11(8-25-16)7-17(28)18-14(22)5-4-6-15(18)23/h4-6,8-10H,3,7H2,1-2H3. The Morgan fingerprint density at radius 2 is 1.83 bits per heavy atom. The number of hydrogen-bond acceptors (Lipinski definition) is 6. The number of ketones is 1. The van der Waals surface area contributed by atoms with Gasteiger partial charge in [0, 0.05) is 30.6 Å². The minimum absolute atomic E-state index is 0.268. The lowest BCUT2D eigenvalue weighted by Crippen LogP contribution is -2.10. The van der Waals surface area contributed by atoms with Crippen molar-refractivity contribution in [2.24, 2.45) is 7.05 Å². The Labute approximate surface area is 169 Å². The SMILES string of the molecule is CCc1c(-c2cnc(CC(=O)c3c(F)cccc3F)cn2)cnc2c1oc(=O)n2C. The van der Waals surface area contributed by atoms with Crippen LogP contribution in [0.15, 0.2) is 46.0 Å². The molecule has 0 saturated carbocycles. The number of rotatable bonds is 5. The molecule has 30 heavy (non-hydrogen) atoms. The molecule has 0 aliphatic heterocycles. The zero-order valence-electron chi connectivity index (χ0n) is 16.1. The van der Waals surface area contributed by atoms with Gasteiger partial charge in [0.25, 0.3) is 0 Å². The fourth-order valence-electron chi connectivity index (χ4n) is 3.28. The quantitative estimate of drug-likeness (QED) is 0.469. The van der Waals surface area contributed by atoms with Crippen molar-refractivity contribution in [3.63, 3.8) is 0 Å². The molecule has 0 saturated heterocycles. The predicted octanol–water partition coefficient (Wildman–Crippen LogP) is 3.25. The second kappa shape index (κ2) is 7.58. The third kappa shape index (κ3) is 3.28. The van der Waals surface area contributed by atoms with E-state index in [2.05, 4.69) is 15.0 Å². The van der Waals surface area contributed by atoms with Crippen LogP contribution in [0.4, 0.5) is 8.78 Å². The summed E-state index contributed by atoms with van der Waals surface area (Å²) in [5, 5.41) is 0. The van der Waals surface area contributed by atoms with E-state index in [-0.39, 0.29) is 12.1 Å². The number of carbonyl (C=O) groups excluding carboxylic acids is 1. The van der Waals surface area contributed by atoms with E-state index in [0.29, 0.717) is 28.9 Å². The highest BCUT2D eigenvalue weighted by molar-refractivity contribution is 5.97. The summed E-state index contributed by atoms with van der Waals surface area (Å²) in [6.07, 6.45) is 4.67. The predicted molar refractivity (Wildman–Crippen MR) is 104 cm³/mol. The van der Waals surface area contributed by atoms with E-state index in [1.54, 1.807) is 13.2 Å². The molecule has 1 aromatic carbocycles. The molecular formula is C21H16F2N4O3. The lowest BCUT2D eigenvalue weighted by atomic mass is 10.0. The van der Waals surface area contributed by atoms with Crippen molar-refractivity contribution in [3.05, 3.63) is 75.8 Å². The van der Waals surface area contributed by atoms with Gasteiger partial charge in [0.05, 0.1) is 29.6 Å². The summed E-state index contributed by atoms with van der Waals surface area (Å²) in [5.41, 5.74) is 2.37. The summed E-state index contributed by atoms with van der Waals surface area (Å²) < 4.78 is 34.2. The summed E-state index contributed by atoms with van der Waals surface area (Å²) in [6.45, 7) is 1.91. The van der Waals surface area contributed by atoms with Crippen LogP contribution in [0.5, 0.6) is 0 Å². The first kappa shape index (κ1) is 19.6. The lowest BCUT2D eigenvalue weighted by molar-refractivity contribution is 0.0983. The molecule has 4 aromatic rings. The van der Waals surface area contributed by atoms with Crippen molar-refractivity contribution in [3.8, 4) is 11.3 Å². The number of nitrogens with zero attached hydrogens (tertiary/aromatic N) is 4. The first-order chi connectivity index (χ1) is 14.4. The number of oxazole rings is 1. The summed E-state index contributed by atoms with van der Waals surface area (Å²) >= 11 is 0. The Morgan fingerprint density at radius 1 is 1.10 bits per heavy atom. The lowest BCUT2D eigenvalue weighted by Gasteiger charge is -2.08. The third-order valence-corrected chi connectivity index (χ3v) is 4.82. The minimum Gasteiger partial charge on any atom is -0.406 e. The molecule has 3 aromatic heterocycles. The van der Waals surface area contributed by atoms with Crippen molar-refractivity contribution < 1.29 is 18.0 Å². The molecule has 0 spiro atoms. The van der Waals surface area contributed by atoms with Gasteiger partial charge in [-0.15, -0.1) is 0 Å². The maximum atomic E-state index is 13.8. The summed E-state index contributed by atoms with van der Waals surface area (Å²) in [5.74, 6) is -3.07. The molecule has 3 heterocycles. The van der Waals surface area contributed by atoms with Crippen LogP contribution in [-0.2, 0) is 19.9 Å². The van der Waals surface area contributed by atoms with Crippen molar-refractivity contribution >= 4 is 17.0 Å². The van der Waals surface area contributed by atoms with Gasteiger partial charge in [-0.3, -0.25) is 19.3 Å². The van der Waals surface area contributed by atoms with Crippen LogP contribution >= 0.6 is 0 Å². The van der Waals surface area contributed by atoms with Crippen LogP contribution in [0.25, 0.3) is 22.5 Å². The molecule has 0 aliphatic rings. The monoisotopic (exact) mass is 410 g/mol. The first-order valence-corrected chi connectivity index (χ1v) is 9.16. The van der Waals surface area contributed by atoms with Crippen molar-refractivity contribution in [2.75, 3.05) is 0 Å².